The van der Waals surface area contributed by atoms with Crippen LogP contribution in [0.2, 0.25) is 0 Å². The minimum absolute atomic E-state index is 0.0715. The summed E-state index contributed by atoms with van der Waals surface area (Å²) in [6.45, 7) is 5.34. The minimum atomic E-state index is -0.0715. The molecule has 0 aliphatic carbocycles. The molecule has 0 amide bonds. The van der Waals surface area contributed by atoms with E-state index in [2.05, 4.69) is 43.7 Å². The van der Waals surface area contributed by atoms with E-state index in [1.807, 2.05) is 5.38 Å². The fraction of sp³-hybridized carbons (Fsp3) is 0.538. The average molecular weight is 237 g/mol. The molecule has 1 rings (SSSR count). The molecule has 2 nitrogen and oxygen atoms in total. The monoisotopic (exact) mass is 237 g/mol. The predicted molar refractivity (Wildman–Crippen MR) is 69.5 cm³/mol. The van der Waals surface area contributed by atoms with Gasteiger partial charge in [0.1, 0.15) is 6.61 Å². The van der Waals surface area contributed by atoms with Gasteiger partial charge in [0.05, 0.1) is 0 Å². The van der Waals surface area contributed by atoms with Crippen molar-refractivity contribution in [2.24, 2.45) is 0 Å². The minimum Gasteiger partial charge on any atom is -0.384 e. The first-order valence-corrected chi connectivity index (χ1v) is 6.42. The van der Waals surface area contributed by atoms with Crippen LogP contribution < -0.4 is 0 Å². The lowest BCUT2D eigenvalue weighted by molar-refractivity contribution is 0.246. The quantitative estimate of drug-likeness (QED) is 0.812. The van der Waals surface area contributed by atoms with E-state index in [1.165, 1.54) is 11.3 Å². The van der Waals surface area contributed by atoms with E-state index >= 15 is 0 Å². The summed E-state index contributed by atoms with van der Waals surface area (Å²) >= 11 is 1.73. The van der Waals surface area contributed by atoms with Crippen molar-refractivity contribution in [1.29, 1.82) is 0 Å². The molecule has 1 unspecified atom stereocenters. The number of hydrogen-bond donors (Lipinski definition) is 1. The third kappa shape index (κ3) is 3.97. The first kappa shape index (κ1) is 13.2. The molecule has 0 aliphatic heterocycles. The summed E-state index contributed by atoms with van der Waals surface area (Å²) in [6, 6.07) is 2.71. The Morgan fingerprint density at radius 2 is 2.31 bits per heavy atom. The van der Waals surface area contributed by atoms with E-state index in [-0.39, 0.29) is 6.61 Å². The van der Waals surface area contributed by atoms with Gasteiger partial charge in [-0.3, -0.25) is 4.90 Å². The van der Waals surface area contributed by atoms with Crippen LogP contribution in [0, 0.1) is 11.8 Å². The molecule has 1 aromatic heterocycles. The van der Waals surface area contributed by atoms with Crippen LogP contribution in [-0.2, 0) is 6.54 Å². The van der Waals surface area contributed by atoms with E-state index in [4.69, 9.17) is 5.11 Å². The van der Waals surface area contributed by atoms with Gasteiger partial charge in [-0.25, -0.2) is 0 Å². The Morgan fingerprint density at radius 1 is 1.56 bits per heavy atom. The lowest BCUT2D eigenvalue weighted by Gasteiger charge is -2.22. The number of nitrogens with zero attached hydrogens (tertiary/aromatic N) is 1. The standard InChI is InChI=1S/C13H19NOS/c1-4-11(2)14(3)9-13-8-12(10-16-13)6-5-7-15/h8,10-11,15H,4,7,9H2,1-3H3. The maximum Gasteiger partial charge on any atom is 0.104 e. The molecule has 0 saturated carbocycles. The van der Waals surface area contributed by atoms with Gasteiger partial charge in [0.15, 0.2) is 0 Å². The summed E-state index contributed by atoms with van der Waals surface area (Å²) < 4.78 is 0. The molecule has 3 heteroatoms. The maximum atomic E-state index is 8.61. The maximum absolute atomic E-state index is 8.61. The van der Waals surface area contributed by atoms with Crippen molar-refractivity contribution in [3.63, 3.8) is 0 Å². The van der Waals surface area contributed by atoms with Gasteiger partial charge in [0.25, 0.3) is 0 Å². The van der Waals surface area contributed by atoms with Gasteiger partial charge in [0.2, 0.25) is 0 Å². The molecule has 16 heavy (non-hydrogen) atoms. The molecule has 0 bridgehead atoms. The summed E-state index contributed by atoms with van der Waals surface area (Å²) in [5.74, 6) is 5.59. The molecule has 0 fully saturated rings. The smallest absolute Gasteiger partial charge is 0.104 e. The van der Waals surface area contributed by atoms with Crippen LogP contribution in [0.25, 0.3) is 0 Å². The SMILES string of the molecule is CCC(C)N(C)Cc1cc(C#CCO)cs1. The zero-order chi connectivity index (χ0) is 12.0. The molecular formula is C13H19NOS. The second-order valence-electron chi connectivity index (χ2n) is 3.93. The Labute approximate surface area is 102 Å². The van der Waals surface area contributed by atoms with Gasteiger partial charge in [-0.1, -0.05) is 18.8 Å². The fourth-order valence-corrected chi connectivity index (χ4v) is 2.26. The van der Waals surface area contributed by atoms with Gasteiger partial charge < -0.3 is 5.11 Å². The summed E-state index contributed by atoms with van der Waals surface area (Å²) in [6.07, 6.45) is 1.17. The van der Waals surface area contributed by atoms with Crippen molar-refractivity contribution in [2.75, 3.05) is 13.7 Å². The highest BCUT2D eigenvalue weighted by Gasteiger charge is 2.08. The molecular weight excluding hydrogens is 218 g/mol. The Balaban J connectivity index is 2.58. The second-order valence-corrected chi connectivity index (χ2v) is 4.93. The summed E-state index contributed by atoms with van der Waals surface area (Å²) in [4.78, 5) is 3.67. The van der Waals surface area contributed by atoms with E-state index < -0.39 is 0 Å². The first-order valence-electron chi connectivity index (χ1n) is 5.54. The van der Waals surface area contributed by atoms with Crippen molar-refractivity contribution < 1.29 is 5.11 Å². The Kier molecular flexibility index (Phi) is 5.54. The van der Waals surface area contributed by atoms with E-state index in [1.54, 1.807) is 11.3 Å². The molecule has 1 aromatic rings. The number of aliphatic hydroxyl groups is 1. The number of hydrogen-bond acceptors (Lipinski definition) is 3. The van der Waals surface area contributed by atoms with Crippen molar-refractivity contribution in [3.8, 4) is 11.8 Å². The fourth-order valence-electron chi connectivity index (χ4n) is 1.38. The van der Waals surface area contributed by atoms with E-state index in [0.717, 1.165) is 12.1 Å². The van der Waals surface area contributed by atoms with Crippen LogP contribution in [0.5, 0.6) is 0 Å². The van der Waals surface area contributed by atoms with Crippen molar-refractivity contribution in [3.05, 3.63) is 21.9 Å². The Bertz CT molecular complexity index is 375. The molecule has 1 N–H and O–H groups in total. The number of aliphatic hydroxyl groups excluding tert-OH is 1. The summed E-state index contributed by atoms with van der Waals surface area (Å²) in [5, 5.41) is 10.7. The van der Waals surface area contributed by atoms with Crippen LogP contribution in [0.15, 0.2) is 11.4 Å². The third-order valence-electron chi connectivity index (χ3n) is 2.71. The average Bonchev–Trinajstić information content (AvgIpc) is 2.72. The van der Waals surface area contributed by atoms with Crippen LogP contribution in [0.1, 0.15) is 30.7 Å². The van der Waals surface area contributed by atoms with E-state index in [9.17, 15) is 0 Å². The second kappa shape index (κ2) is 6.70. The first-order chi connectivity index (χ1) is 7.67. The molecule has 1 atom stereocenters. The number of thiophene rings is 1. The lowest BCUT2D eigenvalue weighted by Crippen LogP contribution is -2.27. The normalized spacial score (nSPS) is 12.3. The molecule has 0 spiro atoms. The molecule has 0 saturated heterocycles. The Hall–Kier alpha value is -0.820. The molecule has 0 aromatic carbocycles. The highest BCUT2D eigenvalue weighted by Crippen LogP contribution is 2.17. The van der Waals surface area contributed by atoms with Gasteiger partial charge in [0, 0.05) is 28.4 Å². The zero-order valence-corrected chi connectivity index (χ0v) is 11.0. The zero-order valence-electron chi connectivity index (χ0n) is 10.2. The highest BCUT2D eigenvalue weighted by molar-refractivity contribution is 7.10. The van der Waals surface area contributed by atoms with Crippen molar-refractivity contribution in [2.45, 2.75) is 32.9 Å². The van der Waals surface area contributed by atoms with Crippen LogP contribution in [-0.4, -0.2) is 29.7 Å². The van der Waals surface area contributed by atoms with Crippen LogP contribution in [0.3, 0.4) is 0 Å². The predicted octanol–water partition coefficient (Wildman–Crippen LogP) is 2.32. The molecule has 88 valence electrons. The van der Waals surface area contributed by atoms with Gasteiger partial charge in [-0.15, -0.1) is 11.3 Å². The van der Waals surface area contributed by atoms with E-state index in [0.29, 0.717) is 6.04 Å². The summed E-state index contributed by atoms with van der Waals surface area (Å²) in [7, 11) is 2.15. The van der Waals surface area contributed by atoms with Crippen LogP contribution >= 0.6 is 11.3 Å². The van der Waals surface area contributed by atoms with Crippen LogP contribution in [0.4, 0.5) is 0 Å². The highest BCUT2D eigenvalue weighted by atomic mass is 32.1. The van der Waals surface area contributed by atoms with Gasteiger partial charge in [-0.05, 0) is 26.5 Å². The number of rotatable bonds is 4. The van der Waals surface area contributed by atoms with Crippen molar-refractivity contribution in [1.82, 2.24) is 4.90 Å². The molecule has 0 aliphatic rings. The third-order valence-corrected chi connectivity index (χ3v) is 3.64. The Morgan fingerprint density at radius 3 is 2.94 bits per heavy atom. The molecule has 1 heterocycles. The van der Waals surface area contributed by atoms with Crippen molar-refractivity contribution >= 4 is 11.3 Å². The topological polar surface area (TPSA) is 23.5 Å². The van der Waals surface area contributed by atoms with Gasteiger partial charge in [-0.2, -0.15) is 0 Å². The van der Waals surface area contributed by atoms with Gasteiger partial charge >= 0.3 is 0 Å². The summed E-state index contributed by atoms with van der Waals surface area (Å²) in [5.41, 5.74) is 1.01. The lowest BCUT2D eigenvalue weighted by atomic mass is 10.2. The largest absolute Gasteiger partial charge is 0.384 e. The molecule has 0 radical (unpaired) electrons.